The zero-order valence-corrected chi connectivity index (χ0v) is 17.3. The van der Waals surface area contributed by atoms with Crippen molar-refractivity contribution in [2.45, 2.75) is 31.1 Å². The van der Waals surface area contributed by atoms with E-state index < -0.39 is 10.0 Å². The number of halogens is 1. The van der Waals surface area contributed by atoms with Crippen molar-refractivity contribution in [1.82, 2.24) is 4.72 Å². The predicted octanol–water partition coefficient (Wildman–Crippen LogP) is 2.90. The van der Waals surface area contributed by atoms with Crippen molar-refractivity contribution in [2.75, 3.05) is 18.4 Å². The molecule has 0 bridgehead atoms. The fourth-order valence-corrected chi connectivity index (χ4v) is 3.44. The summed E-state index contributed by atoms with van der Waals surface area (Å²) in [6, 6.07) is 13.5. The number of hydrogen-bond acceptors (Lipinski definition) is 4. The van der Waals surface area contributed by atoms with Crippen LogP contribution in [0.5, 0.6) is 0 Å². The quantitative estimate of drug-likeness (QED) is 0.680. The molecule has 0 saturated heterocycles. The molecule has 1 amide bonds. The minimum Gasteiger partial charge on any atom is -0.329 e. The molecule has 2 rings (SSSR count). The third-order valence-corrected chi connectivity index (χ3v) is 5.31. The number of anilines is 1. The number of nitrogens with two attached hydrogens (primary N) is 1. The van der Waals surface area contributed by atoms with Gasteiger partial charge in [0, 0.05) is 24.3 Å². The summed E-state index contributed by atoms with van der Waals surface area (Å²) in [5.41, 5.74) is 7.38. The molecule has 0 radical (unpaired) electrons. The number of sulfonamides is 1. The molecule has 0 saturated carbocycles. The molecule has 0 aliphatic rings. The van der Waals surface area contributed by atoms with Crippen molar-refractivity contribution in [3.63, 3.8) is 0 Å². The van der Waals surface area contributed by atoms with Crippen molar-refractivity contribution in [1.29, 1.82) is 0 Å². The van der Waals surface area contributed by atoms with E-state index in [4.69, 9.17) is 5.73 Å². The number of amides is 1. The van der Waals surface area contributed by atoms with Crippen molar-refractivity contribution in [3.05, 3.63) is 59.7 Å². The molecule has 27 heavy (non-hydrogen) atoms. The van der Waals surface area contributed by atoms with Crippen molar-refractivity contribution in [2.24, 2.45) is 5.73 Å². The van der Waals surface area contributed by atoms with Crippen molar-refractivity contribution >= 4 is 34.0 Å². The van der Waals surface area contributed by atoms with E-state index in [2.05, 4.69) is 30.8 Å². The molecular formula is C19H26ClN3O3S. The number of carbonyl (C=O) groups is 1. The summed E-state index contributed by atoms with van der Waals surface area (Å²) in [7, 11) is -3.65. The molecule has 0 atom stereocenters. The third-order valence-electron chi connectivity index (χ3n) is 3.85. The van der Waals surface area contributed by atoms with E-state index in [0.717, 1.165) is 5.56 Å². The van der Waals surface area contributed by atoms with E-state index in [1.165, 1.54) is 12.1 Å². The average molecular weight is 412 g/mol. The van der Waals surface area contributed by atoms with Gasteiger partial charge in [0.25, 0.3) is 5.91 Å². The SMILES string of the molecule is CC(C)(C)c1ccc(C(=O)Nc2cccc(S(=O)(=O)NCCN)c2)cc1.Cl. The molecule has 2 aromatic rings. The molecule has 0 aliphatic carbocycles. The maximum absolute atomic E-state index is 12.4. The van der Waals surface area contributed by atoms with E-state index in [0.29, 0.717) is 11.3 Å². The van der Waals surface area contributed by atoms with Gasteiger partial charge in [0.15, 0.2) is 0 Å². The Balaban J connectivity index is 0.00000364. The highest BCUT2D eigenvalue weighted by Gasteiger charge is 2.16. The first-order chi connectivity index (χ1) is 12.1. The lowest BCUT2D eigenvalue weighted by atomic mass is 9.87. The van der Waals surface area contributed by atoms with Crippen LogP contribution in [0.25, 0.3) is 0 Å². The second kappa shape index (κ2) is 9.32. The van der Waals surface area contributed by atoms with Gasteiger partial charge < -0.3 is 11.1 Å². The number of nitrogens with one attached hydrogen (secondary N) is 2. The molecular weight excluding hydrogens is 386 g/mol. The molecule has 2 aromatic carbocycles. The van der Waals surface area contributed by atoms with E-state index >= 15 is 0 Å². The lowest BCUT2D eigenvalue weighted by Gasteiger charge is -2.19. The van der Waals surface area contributed by atoms with Crippen LogP contribution in [-0.2, 0) is 15.4 Å². The second-order valence-corrected chi connectivity index (χ2v) is 8.76. The van der Waals surface area contributed by atoms with E-state index in [1.54, 1.807) is 24.3 Å². The lowest BCUT2D eigenvalue weighted by Crippen LogP contribution is -2.29. The van der Waals surface area contributed by atoms with Crippen LogP contribution in [0, 0.1) is 0 Å². The highest BCUT2D eigenvalue weighted by molar-refractivity contribution is 7.89. The normalized spacial score (nSPS) is 11.6. The monoisotopic (exact) mass is 411 g/mol. The molecule has 4 N–H and O–H groups in total. The standard InChI is InChI=1S/C19H25N3O3S.ClH/c1-19(2,3)15-9-7-14(8-10-15)18(23)22-16-5-4-6-17(13-16)26(24,25)21-12-11-20;/h4-10,13,21H,11-12,20H2,1-3H3,(H,22,23);1H. The van der Waals surface area contributed by atoms with Gasteiger partial charge in [-0.25, -0.2) is 13.1 Å². The molecule has 0 spiro atoms. The fraction of sp³-hybridized carbons (Fsp3) is 0.316. The first kappa shape index (κ1) is 23.1. The summed E-state index contributed by atoms with van der Waals surface area (Å²) >= 11 is 0. The number of rotatable bonds is 6. The molecule has 0 aromatic heterocycles. The second-order valence-electron chi connectivity index (χ2n) is 7.00. The minimum absolute atomic E-state index is 0. The topological polar surface area (TPSA) is 101 Å². The van der Waals surface area contributed by atoms with Gasteiger partial charge >= 0.3 is 0 Å². The Labute approximate surface area is 167 Å². The van der Waals surface area contributed by atoms with Crippen LogP contribution in [0.15, 0.2) is 53.4 Å². The van der Waals surface area contributed by atoms with Crippen LogP contribution in [0.2, 0.25) is 0 Å². The van der Waals surface area contributed by atoms with Crippen LogP contribution in [-0.4, -0.2) is 27.4 Å². The Kier molecular flexibility index (Phi) is 7.98. The summed E-state index contributed by atoms with van der Waals surface area (Å²) < 4.78 is 26.7. The molecule has 8 heteroatoms. The van der Waals surface area contributed by atoms with Crippen LogP contribution < -0.4 is 15.8 Å². The first-order valence-electron chi connectivity index (χ1n) is 8.35. The zero-order chi connectivity index (χ0) is 19.4. The molecule has 0 heterocycles. The number of benzene rings is 2. The average Bonchev–Trinajstić information content (AvgIpc) is 2.59. The zero-order valence-electron chi connectivity index (χ0n) is 15.7. The molecule has 6 nitrogen and oxygen atoms in total. The molecule has 0 unspecified atom stereocenters. The van der Waals surface area contributed by atoms with Crippen LogP contribution in [0.4, 0.5) is 5.69 Å². The fourth-order valence-electron chi connectivity index (χ4n) is 2.34. The Morgan fingerprint density at radius 1 is 1.07 bits per heavy atom. The summed E-state index contributed by atoms with van der Waals surface area (Å²) in [5.74, 6) is -0.296. The van der Waals surface area contributed by atoms with Gasteiger partial charge in [-0.3, -0.25) is 4.79 Å². The van der Waals surface area contributed by atoms with Crippen LogP contribution in [0.1, 0.15) is 36.7 Å². The summed E-state index contributed by atoms with van der Waals surface area (Å²) in [6.45, 7) is 6.67. The maximum Gasteiger partial charge on any atom is 0.255 e. The number of hydrogen-bond donors (Lipinski definition) is 3. The van der Waals surface area contributed by atoms with Crippen LogP contribution >= 0.6 is 12.4 Å². The summed E-state index contributed by atoms with van der Waals surface area (Å²) in [5, 5.41) is 2.73. The Hall–Kier alpha value is -1.93. The smallest absolute Gasteiger partial charge is 0.255 e. The lowest BCUT2D eigenvalue weighted by molar-refractivity contribution is 0.102. The highest BCUT2D eigenvalue weighted by atomic mass is 35.5. The van der Waals surface area contributed by atoms with E-state index in [9.17, 15) is 13.2 Å². The van der Waals surface area contributed by atoms with E-state index in [-0.39, 0.29) is 41.7 Å². The summed E-state index contributed by atoms with van der Waals surface area (Å²) in [4.78, 5) is 12.5. The molecule has 0 aliphatic heterocycles. The van der Waals surface area contributed by atoms with Gasteiger partial charge in [-0.05, 0) is 41.3 Å². The predicted molar refractivity (Wildman–Crippen MR) is 111 cm³/mol. The first-order valence-corrected chi connectivity index (χ1v) is 9.83. The number of carbonyl (C=O) groups excluding carboxylic acids is 1. The largest absolute Gasteiger partial charge is 0.329 e. The Morgan fingerprint density at radius 2 is 1.70 bits per heavy atom. The maximum atomic E-state index is 12.4. The van der Waals surface area contributed by atoms with Crippen LogP contribution in [0.3, 0.4) is 0 Å². The van der Waals surface area contributed by atoms with Crippen molar-refractivity contribution in [3.8, 4) is 0 Å². The Bertz CT molecular complexity index is 876. The summed E-state index contributed by atoms with van der Waals surface area (Å²) in [6.07, 6.45) is 0. The molecule has 0 fully saturated rings. The highest BCUT2D eigenvalue weighted by Crippen LogP contribution is 2.22. The van der Waals surface area contributed by atoms with Gasteiger partial charge in [-0.2, -0.15) is 0 Å². The molecule has 148 valence electrons. The van der Waals surface area contributed by atoms with Gasteiger partial charge in [0.05, 0.1) is 4.90 Å². The van der Waals surface area contributed by atoms with Crippen molar-refractivity contribution < 1.29 is 13.2 Å². The Morgan fingerprint density at radius 3 is 2.26 bits per heavy atom. The van der Waals surface area contributed by atoms with Gasteiger partial charge in [0.2, 0.25) is 10.0 Å². The minimum atomic E-state index is -3.65. The van der Waals surface area contributed by atoms with Gasteiger partial charge in [-0.15, -0.1) is 12.4 Å². The van der Waals surface area contributed by atoms with Gasteiger partial charge in [0.1, 0.15) is 0 Å². The third kappa shape index (κ3) is 6.32. The van der Waals surface area contributed by atoms with Gasteiger partial charge in [-0.1, -0.05) is 39.0 Å². The van der Waals surface area contributed by atoms with E-state index in [1.807, 2.05) is 12.1 Å².